The minimum absolute atomic E-state index is 0.388. The summed E-state index contributed by atoms with van der Waals surface area (Å²) in [7, 11) is 0. The van der Waals surface area contributed by atoms with Gasteiger partial charge in [0.25, 0.3) is 0 Å². The summed E-state index contributed by atoms with van der Waals surface area (Å²) >= 11 is 5.98. The van der Waals surface area contributed by atoms with Gasteiger partial charge in [0.05, 0.1) is 6.54 Å². The maximum absolute atomic E-state index is 9.28. The Balaban J connectivity index is 1.86. The second-order valence-corrected chi connectivity index (χ2v) is 5.72. The molecule has 0 atom stereocenters. The number of nitriles is 1. The molecule has 1 aromatic heterocycles. The third kappa shape index (κ3) is 2.81. The van der Waals surface area contributed by atoms with E-state index >= 15 is 0 Å². The van der Waals surface area contributed by atoms with E-state index in [9.17, 15) is 5.26 Å². The number of nitrogens with two attached hydrogens (primary N) is 1. The van der Waals surface area contributed by atoms with Crippen LogP contribution in [0.2, 0.25) is 5.02 Å². The first kappa shape index (κ1) is 13.8. The van der Waals surface area contributed by atoms with Gasteiger partial charge in [-0.15, -0.1) is 0 Å². The molecule has 1 aliphatic carbocycles. The van der Waals surface area contributed by atoms with E-state index in [1.165, 1.54) is 6.42 Å². The summed E-state index contributed by atoms with van der Waals surface area (Å²) in [6, 6.07) is 10.1. The summed E-state index contributed by atoms with van der Waals surface area (Å²) in [4.78, 5) is 0. The second kappa shape index (κ2) is 5.66. The van der Waals surface area contributed by atoms with E-state index in [1.807, 2.05) is 24.3 Å². The van der Waals surface area contributed by atoms with Crippen molar-refractivity contribution in [3.05, 3.63) is 40.4 Å². The average molecular weight is 302 g/mol. The van der Waals surface area contributed by atoms with Crippen molar-refractivity contribution in [3.63, 3.8) is 0 Å². The summed E-state index contributed by atoms with van der Waals surface area (Å²) < 4.78 is 1.64. The van der Waals surface area contributed by atoms with Gasteiger partial charge in [0.2, 0.25) is 0 Å². The number of hydrogen-bond donors (Lipinski definition) is 2. The van der Waals surface area contributed by atoms with Gasteiger partial charge in [-0.1, -0.05) is 23.7 Å². The van der Waals surface area contributed by atoms with Gasteiger partial charge in [-0.3, -0.25) is 0 Å². The third-order valence-corrected chi connectivity index (χ3v) is 4.01. The summed E-state index contributed by atoms with van der Waals surface area (Å²) in [5.74, 6) is 0.973. The van der Waals surface area contributed by atoms with Gasteiger partial charge in [0.15, 0.2) is 5.82 Å². The minimum atomic E-state index is 0.388. The molecule has 0 amide bonds. The van der Waals surface area contributed by atoms with Crippen LogP contribution in [0.1, 0.15) is 30.4 Å². The van der Waals surface area contributed by atoms with E-state index < -0.39 is 0 Å². The largest absolute Gasteiger partial charge is 0.383 e. The zero-order valence-corrected chi connectivity index (χ0v) is 12.3. The Morgan fingerprint density at radius 2 is 2.29 bits per heavy atom. The Labute approximate surface area is 128 Å². The number of aromatic nitrogens is 2. The summed E-state index contributed by atoms with van der Waals surface area (Å²) in [6.45, 7) is 0.493. The molecular weight excluding hydrogens is 286 g/mol. The van der Waals surface area contributed by atoms with Crippen LogP contribution in [-0.2, 0) is 6.54 Å². The van der Waals surface area contributed by atoms with Crippen molar-refractivity contribution < 1.29 is 0 Å². The van der Waals surface area contributed by atoms with E-state index in [2.05, 4.69) is 16.5 Å². The lowest BCUT2D eigenvalue weighted by molar-refractivity contribution is 0.443. The molecular formula is C15H16ClN5. The molecule has 1 heterocycles. The quantitative estimate of drug-likeness (QED) is 0.909. The molecule has 1 fully saturated rings. The molecule has 6 heteroatoms. The van der Waals surface area contributed by atoms with Gasteiger partial charge < -0.3 is 11.1 Å². The molecule has 3 rings (SSSR count). The molecule has 5 nitrogen and oxygen atoms in total. The molecule has 3 N–H and O–H groups in total. The first-order valence-corrected chi connectivity index (χ1v) is 7.32. The smallest absolute Gasteiger partial charge is 0.168 e. The van der Waals surface area contributed by atoms with Crippen molar-refractivity contribution >= 4 is 23.2 Å². The van der Waals surface area contributed by atoms with E-state index in [0.29, 0.717) is 34.8 Å². The van der Waals surface area contributed by atoms with Gasteiger partial charge in [-0.25, -0.2) is 4.68 Å². The molecule has 0 aliphatic heterocycles. The fourth-order valence-corrected chi connectivity index (χ4v) is 2.57. The van der Waals surface area contributed by atoms with Crippen LogP contribution < -0.4 is 11.1 Å². The number of rotatable bonds is 4. The predicted molar refractivity (Wildman–Crippen MR) is 83.2 cm³/mol. The van der Waals surface area contributed by atoms with Crippen molar-refractivity contribution in [3.8, 4) is 6.07 Å². The van der Waals surface area contributed by atoms with Crippen LogP contribution in [-0.4, -0.2) is 15.8 Å². The number of halogens is 1. The first-order valence-electron chi connectivity index (χ1n) is 6.94. The molecule has 0 radical (unpaired) electrons. The first-order chi connectivity index (χ1) is 10.2. The minimum Gasteiger partial charge on any atom is -0.383 e. The predicted octanol–water partition coefficient (Wildman–Crippen LogP) is 3.00. The Hall–Kier alpha value is -2.19. The van der Waals surface area contributed by atoms with E-state index in [-0.39, 0.29) is 0 Å². The fraction of sp³-hybridized carbons (Fsp3) is 0.333. The normalized spacial score (nSPS) is 14.5. The van der Waals surface area contributed by atoms with Gasteiger partial charge >= 0.3 is 0 Å². The zero-order chi connectivity index (χ0) is 14.8. The SMILES string of the molecule is N#Cc1c(NC2CCC2)nn(Cc2cccc(Cl)c2)c1N. The van der Waals surface area contributed by atoms with Crippen molar-refractivity contribution in [2.75, 3.05) is 11.1 Å². The zero-order valence-electron chi connectivity index (χ0n) is 11.5. The van der Waals surface area contributed by atoms with Gasteiger partial charge in [0.1, 0.15) is 17.5 Å². The number of benzene rings is 1. The fourth-order valence-electron chi connectivity index (χ4n) is 2.36. The maximum Gasteiger partial charge on any atom is 0.168 e. The van der Waals surface area contributed by atoms with Gasteiger partial charge in [-0.2, -0.15) is 10.4 Å². The van der Waals surface area contributed by atoms with Crippen molar-refractivity contribution in [2.24, 2.45) is 0 Å². The lowest BCUT2D eigenvalue weighted by Crippen LogP contribution is -2.27. The molecule has 0 unspecified atom stereocenters. The van der Waals surface area contributed by atoms with Crippen molar-refractivity contribution in [1.29, 1.82) is 5.26 Å². The molecule has 0 bridgehead atoms. The van der Waals surface area contributed by atoms with Crippen LogP contribution >= 0.6 is 11.6 Å². The number of nitrogens with one attached hydrogen (secondary N) is 1. The topological polar surface area (TPSA) is 79.7 Å². The second-order valence-electron chi connectivity index (χ2n) is 5.28. The van der Waals surface area contributed by atoms with E-state index in [0.717, 1.165) is 18.4 Å². The molecule has 21 heavy (non-hydrogen) atoms. The maximum atomic E-state index is 9.28. The summed E-state index contributed by atoms with van der Waals surface area (Å²) in [5, 5.41) is 17.7. The molecule has 2 aromatic rings. The standard InChI is InChI=1S/C15H16ClN5/c16-11-4-1-3-10(7-11)9-21-14(18)13(8-17)15(20-21)19-12-5-2-6-12/h1,3-4,7,12H,2,5-6,9,18H2,(H,19,20). The Bertz CT molecular complexity index is 697. The van der Waals surface area contributed by atoms with Crippen LogP contribution in [0.5, 0.6) is 0 Å². The van der Waals surface area contributed by atoms with Crippen molar-refractivity contribution in [2.45, 2.75) is 31.8 Å². The highest BCUT2D eigenvalue weighted by Crippen LogP contribution is 2.27. The third-order valence-electron chi connectivity index (χ3n) is 3.77. The number of anilines is 2. The molecule has 108 valence electrons. The number of hydrogen-bond acceptors (Lipinski definition) is 4. The lowest BCUT2D eigenvalue weighted by Gasteiger charge is -2.26. The molecule has 1 aromatic carbocycles. The average Bonchev–Trinajstić information content (AvgIpc) is 2.70. The summed E-state index contributed by atoms with van der Waals surface area (Å²) in [6.07, 6.45) is 3.45. The monoisotopic (exact) mass is 301 g/mol. The van der Waals surface area contributed by atoms with E-state index in [4.69, 9.17) is 17.3 Å². The molecule has 1 saturated carbocycles. The molecule has 0 saturated heterocycles. The summed E-state index contributed by atoms with van der Waals surface area (Å²) in [5.41, 5.74) is 7.46. The van der Waals surface area contributed by atoms with Crippen LogP contribution in [0.3, 0.4) is 0 Å². The van der Waals surface area contributed by atoms with Crippen LogP contribution in [0.4, 0.5) is 11.6 Å². The molecule has 1 aliphatic rings. The van der Waals surface area contributed by atoms with E-state index in [1.54, 1.807) is 4.68 Å². The highest BCUT2D eigenvalue weighted by molar-refractivity contribution is 6.30. The number of nitrogens with zero attached hydrogens (tertiary/aromatic N) is 3. The van der Waals surface area contributed by atoms with Gasteiger partial charge in [-0.05, 0) is 37.0 Å². The highest BCUT2D eigenvalue weighted by atomic mass is 35.5. The van der Waals surface area contributed by atoms with Crippen LogP contribution in [0, 0.1) is 11.3 Å². The Morgan fingerprint density at radius 1 is 1.48 bits per heavy atom. The van der Waals surface area contributed by atoms with Crippen LogP contribution in [0.25, 0.3) is 0 Å². The Morgan fingerprint density at radius 3 is 2.90 bits per heavy atom. The van der Waals surface area contributed by atoms with Crippen molar-refractivity contribution in [1.82, 2.24) is 9.78 Å². The molecule has 0 spiro atoms. The van der Waals surface area contributed by atoms with Gasteiger partial charge in [0, 0.05) is 11.1 Å². The Kier molecular flexibility index (Phi) is 3.72. The highest BCUT2D eigenvalue weighted by Gasteiger charge is 2.22. The number of nitrogen functional groups attached to an aromatic ring is 1. The lowest BCUT2D eigenvalue weighted by atomic mass is 9.93. The van der Waals surface area contributed by atoms with Crippen LogP contribution in [0.15, 0.2) is 24.3 Å².